The summed E-state index contributed by atoms with van der Waals surface area (Å²) in [5.74, 6) is 0.335. The van der Waals surface area contributed by atoms with E-state index in [1.165, 1.54) is 45.2 Å². The van der Waals surface area contributed by atoms with Crippen molar-refractivity contribution >= 4 is 5.91 Å². The van der Waals surface area contributed by atoms with Gasteiger partial charge in [-0.3, -0.25) is 4.79 Å². The largest absolute Gasteiger partial charge is 0.341 e. The first kappa shape index (κ1) is 14.8. The number of rotatable bonds is 6. The Labute approximate surface area is 117 Å². The van der Waals surface area contributed by atoms with Gasteiger partial charge in [0.2, 0.25) is 5.91 Å². The van der Waals surface area contributed by atoms with Gasteiger partial charge in [-0.05, 0) is 52.2 Å². The lowest BCUT2D eigenvalue weighted by Crippen LogP contribution is -2.46. The molecule has 0 aliphatic carbocycles. The van der Waals surface area contributed by atoms with Crippen LogP contribution >= 0.6 is 0 Å². The van der Waals surface area contributed by atoms with Crippen LogP contribution in [-0.2, 0) is 4.79 Å². The van der Waals surface area contributed by atoms with Gasteiger partial charge in [0.25, 0.3) is 0 Å². The molecule has 2 aliphatic rings. The van der Waals surface area contributed by atoms with Gasteiger partial charge in [-0.2, -0.15) is 0 Å². The Morgan fingerprint density at radius 3 is 2.68 bits per heavy atom. The van der Waals surface area contributed by atoms with Crippen molar-refractivity contribution in [2.24, 2.45) is 0 Å². The average molecular weight is 267 g/mol. The normalized spacial score (nSPS) is 24.6. The summed E-state index contributed by atoms with van der Waals surface area (Å²) in [6, 6.07) is 0.518. The topological polar surface area (TPSA) is 35.6 Å². The van der Waals surface area contributed by atoms with Crippen LogP contribution in [0.3, 0.4) is 0 Å². The number of likely N-dealkylation sites (tertiary alicyclic amines) is 1. The molecule has 2 fully saturated rings. The Hall–Kier alpha value is -0.610. The first-order chi connectivity index (χ1) is 9.29. The first-order valence-corrected chi connectivity index (χ1v) is 8.03. The van der Waals surface area contributed by atoms with Gasteiger partial charge < -0.3 is 15.1 Å². The number of piperidine rings is 1. The van der Waals surface area contributed by atoms with E-state index in [1.54, 1.807) is 0 Å². The van der Waals surface area contributed by atoms with E-state index < -0.39 is 0 Å². The molecule has 1 atom stereocenters. The van der Waals surface area contributed by atoms with Crippen LogP contribution in [0.4, 0.5) is 0 Å². The van der Waals surface area contributed by atoms with E-state index in [4.69, 9.17) is 0 Å². The van der Waals surface area contributed by atoms with Crippen molar-refractivity contribution in [1.82, 2.24) is 15.1 Å². The van der Waals surface area contributed by atoms with E-state index in [0.29, 0.717) is 18.4 Å². The van der Waals surface area contributed by atoms with Gasteiger partial charge in [0, 0.05) is 32.1 Å². The van der Waals surface area contributed by atoms with Crippen LogP contribution in [0.2, 0.25) is 0 Å². The molecule has 2 aliphatic heterocycles. The Morgan fingerprint density at radius 2 is 2.05 bits per heavy atom. The fourth-order valence-corrected chi connectivity index (χ4v) is 3.17. The number of nitrogens with one attached hydrogen (secondary N) is 1. The minimum absolute atomic E-state index is 0.335. The number of nitrogens with zero attached hydrogens (tertiary/aromatic N) is 2. The zero-order valence-corrected chi connectivity index (χ0v) is 12.4. The molecule has 1 amide bonds. The molecule has 0 aromatic heterocycles. The van der Waals surface area contributed by atoms with Crippen molar-refractivity contribution in [3.8, 4) is 0 Å². The van der Waals surface area contributed by atoms with Gasteiger partial charge in [-0.1, -0.05) is 6.42 Å². The molecule has 0 bridgehead atoms. The molecule has 0 spiro atoms. The third kappa shape index (κ3) is 4.77. The lowest BCUT2D eigenvalue weighted by molar-refractivity contribution is -0.131. The molecule has 0 aromatic carbocycles. The number of carbonyl (C=O) groups is 1. The Kier molecular flexibility index (Phi) is 6.11. The second kappa shape index (κ2) is 7.85. The minimum Gasteiger partial charge on any atom is -0.341 e. The summed E-state index contributed by atoms with van der Waals surface area (Å²) in [6.45, 7) is 8.27. The van der Waals surface area contributed by atoms with E-state index in [1.807, 2.05) is 4.90 Å². The predicted molar refractivity (Wildman–Crippen MR) is 78.2 cm³/mol. The lowest BCUT2D eigenvalue weighted by atomic mass is 10.0. The van der Waals surface area contributed by atoms with E-state index in [9.17, 15) is 4.79 Å². The number of likely N-dealkylation sites (N-methyl/N-ethyl adjacent to an activating group) is 1. The third-order valence-electron chi connectivity index (χ3n) is 4.43. The van der Waals surface area contributed by atoms with E-state index in [2.05, 4.69) is 17.1 Å². The van der Waals surface area contributed by atoms with E-state index in [0.717, 1.165) is 26.2 Å². The van der Waals surface area contributed by atoms with Gasteiger partial charge in [-0.25, -0.2) is 0 Å². The Bertz CT molecular complexity index is 271. The molecule has 2 heterocycles. The fourth-order valence-electron chi connectivity index (χ4n) is 3.17. The summed E-state index contributed by atoms with van der Waals surface area (Å²) < 4.78 is 0. The zero-order valence-electron chi connectivity index (χ0n) is 12.4. The van der Waals surface area contributed by atoms with Crippen LogP contribution in [0.5, 0.6) is 0 Å². The molecule has 2 saturated heterocycles. The van der Waals surface area contributed by atoms with Crippen LogP contribution in [0, 0.1) is 0 Å². The van der Waals surface area contributed by atoms with Crippen LogP contribution in [0.1, 0.15) is 45.4 Å². The van der Waals surface area contributed by atoms with E-state index in [-0.39, 0.29) is 0 Å². The Balaban J connectivity index is 1.70. The van der Waals surface area contributed by atoms with Crippen LogP contribution in [0.15, 0.2) is 0 Å². The molecule has 0 saturated carbocycles. The van der Waals surface area contributed by atoms with Crippen molar-refractivity contribution < 1.29 is 4.79 Å². The third-order valence-corrected chi connectivity index (χ3v) is 4.43. The summed E-state index contributed by atoms with van der Waals surface area (Å²) >= 11 is 0. The molecule has 0 aromatic rings. The summed E-state index contributed by atoms with van der Waals surface area (Å²) in [4.78, 5) is 16.7. The molecule has 4 nitrogen and oxygen atoms in total. The minimum atomic E-state index is 0.335. The van der Waals surface area contributed by atoms with Gasteiger partial charge in [-0.15, -0.1) is 0 Å². The van der Waals surface area contributed by atoms with E-state index >= 15 is 0 Å². The number of hydrogen-bond acceptors (Lipinski definition) is 3. The Morgan fingerprint density at radius 1 is 1.26 bits per heavy atom. The molecule has 2 rings (SSSR count). The molecular weight excluding hydrogens is 238 g/mol. The van der Waals surface area contributed by atoms with Crippen molar-refractivity contribution in [3.05, 3.63) is 0 Å². The van der Waals surface area contributed by atoms with Gasteiger partial charge in [0.05, 0.1) is 0 Å². The first-order valence-electron chi connectivity index (χ1n) is 8.03. The summed E-state index contributed by atoms with van der Waals surface area (Å²) in [5, 5.41) is 3.53. The second-order valence-corrected chi connectivity index (χ2v) is 5.88. The maximum atomic E-state index is 12.3. The maximum absolute atomic E-state index is 12.3. The number of hydrogen-bond donors (Lipinski definition) is 1. The molecule has 0 radical (unpaired) electrons. The zero-order chi connectivity index (χ0) is 13.5. The highest BCUT2D eigenvalue weighted by atomic mass is 16.2. The maximum Gasteiger partial charge on any atom is 0.223 e. The predicted octanol–water partition coefficient (Wildman–Crippen LogP) is 1.46. The van der Waals surface area contributed by atoms with Gasteiger partial charge >= 0.3 is 0 Å². The van der Waals surface area contributed by atoms with Crippen molar-refractivity contribution in [2.75, 3.05) is 39.3 Å². The summed E-state index contributed by atoms with van der Waals surface area (Å²) in [5.41, 5.74) is 0. The smallest absolute Gasteiger partial charge is 0.223 e. The SMILES string of the molecule is CCN(CC1CCCCN1)C(=O)CCN1CCCC1. The van der Waals surface area contributed by atoms with Crippen molar-refractivity contribution in [1.29, 1.82) is 0 Å². The van der Waals surface area contributed by atoms with Crippen molar-refractivity contribution in [3.63, 3.8) is 0 Å². The van der Waals surface area contributed by atoms with Crippen molar-refractivity contribution in [2.45, 2.75) is 51.5 Å². The van der Waals surface area contributed by atoms with Gasteiger partial charge in [0.1, 0.15) is 0 Å². The quantitative estimate of drug-likeness (QED) is 0.791. The molecule has 1 unspecified atom stereocenters. The summed E-state index contributed by atoms with van der Waals surface area (Å²) in [6.07, 6.45) is 7.11. The monoisotopic (exact) mass is 267 g/mol. The molecular formula is C15H29N3O. The molecule has 4 heteroatoms. The van der Waals surface area contributed by atoms with Crippen LogP contribution in [-0.4, -0.2) is 61.0 Å². The van der Waals surface area contributed by atoms with Crippen LogP contribution < -0.4 is 5.32 Å². The molecule has 110 valence electrons. The van der Waals surface area contributed by atoms with Gasteiger partial charge in [0.15, 0.2) is 0 Å². The highest BCUT2D eigenvalue weighted by molar-refractivity contribution is 5.76. The molecule has 1 N–H and O–H groups in total. The summed E-state index contributed by atoms with van der Waals surface area (Å²) in [7, 11) is 0. The molecule has 19 heavy (non-hydrogen) atoms. The number of carbonyl (C=O) groups excluding carboxylic acids is 1. The second-order valence-electron chi connectivity index (χ2n) is 5.88. The highest BCUT2D eigenvalue weighted by Crippen LogP contribution is 2.11. The highest BCUT2D eigenvalue weighted by Gasteiger charge is 2.20. The van der Waals surface area contributed by atoms with Crippen LogP contribution in [0.25, 0.3) is 0 Å². The standard InChI is InChI=1S/C15H29N3O/c1-2-18(13-14-7-3-4-9-16-14)15(19)8-12-17-10-5-6-11-17/h14,16H,2-13H2,1H3. The number of amides is 1. The fraction of sp³-hybridized carbons (Fsp3) is 0.933. The lowest BCUT2D eigenvalue weighted by Gasteiger charge is -2.30. The average Bonchev–Trinajstić information content (AvgIpc) is 2.96.